The van der Waals surface area contributed by atoms with Gasteiger partial charge in [-0.05, 0) is 24.0 Å². The second-order valence-electron chi connectivity index (χ2n) is 4.44. The first-order valence-corrected chi connectivity index (χ1v) is 6.26. The monoisotopic (exact) mass is 246 g/mol. The minimum absolute atomic E-state index is 0.131. The predicted octanol–water partition coefficient (Wildman–Crippen LogP) is 2.59. The maximum absolute atomic E-state index is 11.4. The highest BCUT2D eigenvalue weighted by Crippen LogP contribution is 2.11. The standard InChI is InChI=1S/C15H18O3/c1-2-12-6-8-13(9-7-12)4-3-5-15(16)18-11-14-10-17-14/h2,6-9,14H,1,3-5,10-11H2. The number of benzene rings is 1. The summed E-state index contributed by atoms with van der Waals surface area (Å²) in [6.45, 7) is 4.85. The van der Waals surface area contributed by atoms with Gasteiger partial charge in [0.15, 0.2) is 0 Å². The third-order valence-electron chi connectivity index (χ3n) is 2.89. The molecule has 1 atom stereocenters. The summed E-state index contributed by atoms with van der Waals surface area (Å²) < 4.78 is 10.0. The minimum atomic E-state index is -0.131. The van der Waals surface area contributed by atoms with Crippen LogP contribution in [0.4, 0.5) is 0 Å². The molecule has 3 nitrogen and oxygen atoms in total. The molecule has 96 valence electrons. The molecule has 1 fully saturated rings. The van der Waals surface area contributed by atoms with E-state index in [0.717, 1.165) is 25.0 Å². The largest absolute Gasteiger partial charge is 0.463 e. The Labute approximate surface area is 107 Å². The molecule has 0 aliphatic carbocycles. The van der Waals surface area contributed by atoms with Gasteiger partial charge in [-0.1, -0.05) is 36.9 Å². The summed E-state index contributed by atoms with van der Waals surface area (Å²) >= 11 is 0. The highest BCUT2D eigenvalue weighted by Gasteiger charge is 2.23. The van der Waals surface area contributed by atoms with Gasteiger partial charge in [0.25, 0.3) is 0 Å². The lowest BCUT2D eigenvalue weighted by Gasteiger charge is -2.03. The van der Waals surface area contributed by atoms with Crippen LogP contribution in [-0.4, -0.2) is 25.3 Å². The first-order valence-electron chi connectivity index (χ1n) is 6.26. The van der Waals surface area contributed by atoms with Crippen molar-refractivity contribution in [3.8, 4) is 0 Å². The molecule has 0 saturated carbocycles. The van der Waals surface area contributed by atoms with Crippen LogP contribution in [0.15, 0.2) is 30.8 Å². The molecule has 0 N–H and O–H groups in total. The van der Waals surface area contributed by atoms with E-state index in [1.54, 1.807) is 0 Å². The number of carbonyl (C=O) groups is 1. The molecule has 0 aromatic heterocycles. The highest BCUT2D eigenvalue weighted by molar-refractivity contribution is 5.69. The van der Waals surface area contributed by atoms with Gasteiger partial charge < -0.3 is 9.47 Å². The van der Waals surface area contributed by atoms with E-state index in [4.69, 9.17) is 9.47 Å². The van der Waals surface area contributed by atoms with Crippen molar-refractivity contribution in [1.29, 1.82) is 0 Å². The molecule has 0 bridgehead atoms. The van der Waals surface area contributed by atoms with Crippen molar-refractivity contribution in [2.24, 2.45) is 0 Å². The van der Waals surface area contributed by atoms with Gasteiger partial charge in [0.1, 0.15) is 12.7 Å². The second-order valence-corrected chi connectivity index (χ2v) is 4.44. The number of esters is 1. The van der Waals surface area contributed by atoms with Gasteiger partial charge in [0, 0.05) is 6.42 Å². The molecule has 3 heteroatoms. The van der Waals surface area contributed by atoms with Crippen LogP contribution in [-0.2, 0) is 20.7 Å². The Hall–Kier alpha value is -1.61. The molecular formula is C15H18O3. The van der Waals surface area contributed by atoms with Crippen LogP contribution in [0.25, 0.3) is 6.08 Å². The molecule has 18 heavy (non-hydrogen) atoms. The van der Waals surface area contributed by atoms with Crippen LogP contribution in [0, 0.1) is 0 Å². The van der Waals surface area contributed by atoms with Crippen LogP contribution in [0.5, 0.6) is 0 Å². The molecule has 2 rings (SSSR count). The smallest absolute Gasteiger partial charge is 0.305 e. The average Bonchev–Trinajstić information content (AvgIpc) is 3.21. The van der Waals surface area contributed by atoms with Gasteiger partial charge in [0.05, 0.1) is 6.61 Å². The molecule has 1 aliphatic heterocycles. The van der Waals surface area contributed by atoms with E-state index < -0.39 is 0 Å². The van der Waals surface area contributed by atoms with Crippen molar-refractivity contribution in [2.75, 3.05) is 13.2 Å². The molecule has 1 aromatic rings. The molecule has 0 radical (unpaired) electrons. The highest BCUT2D eigenvalue weighted by atomic mass is 16.6. The fourth-order valence-electron chi connectivity index (χ4n) is 1.68. The van der Waals surface area contributed by atoms with Crippen molar-refractivity contribution in [1.82, 2.24) is 0 Å². The number of epoxide rings is 1. The molecule has 0 spiro atoms. The molecule has 1 aliphatic rings. The van der Waals surface area contributed by atoms with Crippen LogP contribution in [0.3, 0.4) is 0 Å². The van der Waals surface area contributed by atoms with E-state index >= 15 is 0 Å². The van der Waals surface area contributed by atoms with Crippen molar-refractivity contribution in [3.05, 3.63) is 42.0 Å². The fourth-order valence-corrected chi connectivity index (χ4v) is 1.68. The number of aryl methyl sites for hydroxylation is 1. The Morgan fingerprint density at radius 2 is 2.17 bits per heavy atom. The Kier molecular flexibility index (Phi) is 4.53. The molecular weight excluding hydrogens is 228 g/mol. The third-order valence-corrected chi connectivity index (χ3v) is 2.89. The van der Waals surface area contributed by atoms with Gasteiger partial charge in [-0.15, -0.1) is 0 Å². The summed E-state index contributed by atoms with van der Waals surface area (Å²) in [5.41, 5.74) is 2.35. The van der Waals surface area contributed by atoms with E-state index in [0.29, 0.717) is 13.0 Å². The number of hydrogen-bond donors (Lipinski definition) is 0. The number of rotatable bonds is 7. The molecule has 1 saturated heterocycles. The van der Waals surface area contributed by atoms with E-state index in [9.17, 15) is 4.79 Å². The van der Waals surface area contributed by atoms with E-state index in [2.05, 4.69) is 18.7 Å². The van der Waals surface area contributed by atoms with Crippen molar-refractivity contribution in [2.45, 2.75) is 25.4 Å². The quantitative estimate of drug-likeness (QED) is 0.548. The van der Waals surface area contributed by atoms with Gasteiger partial charge in [-0.2, -0.15) is 0 Å². The molecule has 0 amide bonds. The van der Waals surface area contributed by atoms with Gasteiger partial charge in [-0.25, -0.2) is 0 Å². The average molecular weight is 246 g/mol. The first-order chi connectivity index (χ1) is 8.78. The number of ether oxygens (including phenoxy) is 2. The maximum Gasteiger partial charge on any atom is 0.305 e. The lowest BCUT2D eigenvalue weighted by atomic mass is 10.1. The van der Waals surface area contributed by atoms with Gasteiger partial charge in [-0.3, -0.25) is 4.79 Å². The predicted molar refractivity (Wildman–Crippen MR) is 70.2 cm³/mol. The Bertz CT molecular complexity index is 404. The topological polar surface area (TPSA) is 38.8 Å². The lowest BCUT2D eigenvalue weighted by molar-refractivity contribution is -0.144. The van der Waals surface area contributed by atoms with E-state index in [-0.39, 0.29) is 12.1 Å². The number of carbonyl (C=O) groups excluding carboxylic acids is 1. The van der Waals surface area contributed by atoms with Gasteiger partial charge in [0.2, 0.25) is 0 Å². The van der Waals surface area contributed by atoms with E-state index in [1.165, 1.54) is 5.56 Å². The molecule has 1 unspecified atom stereocenters. The zero-order valence-electron chi connectivity index (χ0n) is 10.4. The SMILES string of the molecule is C=Cc1ccc(CCCC(=O)OCC2CO2)cc1. The maximum atomic E-state index is 11.4. The normalized spacial score (nSPS) is 17.2. The van der Waals surface area contributed by atoms with Crippen molar-refractivity contribution >= 4 is 12.0 Å². The Balaban J connectivity index is 1.63. The summed E-state index contributed by atoms with van der Waals surface area (Å²) in [7, 11) is 0. The second kappa shape index (κ2) is 6.36. The van der Waals surface area contributed by atoms with Crippen LogP contribution in [0.1, 0.15) is 24.0 Å². The summed E-state index contributed by atoms with van der Waals surface area (Å²) in [6, 6.07) is 8.21. The third kappa shape index (κ3) is 4.34. The zero-order valence-corrected chi connectivity index (χ0v) is 10.4. The van der Waals surface area contributed by atoms with Gasteiger partial charge >= 0.3 is 5.97 Å². The van der Waals surface area contributed by atoms with Crippen LogP contribution < -0.4 is 0 Å². The summed E-state index contributed by atoms with van der Waals surface area (Å²) in [5, 5.41) is 0. The molecule has 1 heterocycles. The van der Waals surface area contributed by atoms with Crippen molar-refractivity contribution in [3.63, 3.8) is 0 Å². The number of hydrogen-bond acceptors (Lipinski definition) is 3. The Morgan fingerprint density at radius 1 is 1.44 bits per heavy atom. The van der Waals surface area contributed by atoms with E-state index in [1.807, 2.05) is 18.2 Å². The minimum Gasteiger partial charge on any atom is -0.463 e. The fraction of sp³-hybridized carbons (Fsp3) is 0.400. The van der Waals surface area contributed by atoms with Crippen LogP contribution in [0.2, 0.25) is 0 Å². The van der Waals surface area contributed by atoms with Crippen molar-refractivity contribution < 1.29 is 14.3 Å². The lowest BCUT2D eigenvalue weighted by Crippen LogP contribution is -2.09. The zero-order chi connectivity index (χ0) is 12.8. The summed E-state index contributed by atoms with van der Waals surface area (Å²) in [6.07, 6.45) is 4.15. The summed E-state index contributed by atoms with van der Waals surface area (Å²) in [5.74, 6) is -0.131. The Morgan fingerprint density at radius 3 is 2.78 bits per heavy atom. The van der Waals surface area contributed by atoms with Crippen LogP contribution >= 0.6 is 0 Å². The first kappa shape index (κ1) is 12.8. The molecule has 1 aromatic carbocycles. The summed E-state index contributed by atoms with van der Waals surface area (Å²) in [4.78, 5) is 11.4.